The molecule has 138 valence electrons. The van der Waals surface area contributed by atoms with Crippen LogP contribution in [0.5, 0.6) is 0 Å². The Kier molecular flexibility index (Phi) is 5.90. The van der Waals surface area contributed by atoms with Gasteiger partial charge in [-0.1, -0.05) is 0 Å². The maximum absolute atomic E-state index is 12.8. The Morgan fingerprint density at radius 1 is 1.31 bits per heavy atom. The van der Waals surface area contributed by atoms with Crippen LogP contribution in [-0.2, 0) is 16.1 Å². The summed E-state index contributed by atoms with van der Waals surface area (Å²) in [6, 6.07) is 8.98. The Morgan fingerprint density at radius 3 is 2.73 bits per heavy atom. The number of anilines is 1. The summed E-state index contributed by atoms with van der Waals surface area (Å²) in [4.78, 5) is 26.7. The molecule has 7 heteroatoms. The van der Waals surface area contributed by atoms with Crippen molar-refractivity contribution < 1.29 is 19.4 Å². The molecular weight excluding hydrogens is 352 g/mol. The minimum absolute atomic E-state index is 0.106. The number of nitrogens with zero attached hydrogens (tertiary/aromatic N) is 1. The quantitative estimate of drug-likeness (QED) is 0.813. The van der Waals surface area contributed by atoms with E-state index in [2.05, 4.69) is 23.7 Å². The van der Waals surface area contributed by atoms with Gasteiger partial charge in [0.05, 0.1) is 25.7 Å². The largest absolute Gasteiger partial charge is 0.481 e. The van der Waals surface area contributed by atoms with Crippen molar-refractivity contribution in [1.29, 1.82) is 0 Å². The highest BCUT2D eigenvalue weighted by atomic mass is 32.1. The Balaban J connectivity index is 1.64. The van der Waals surface area contributed by atoms with E-state index < -0.39 is 12.0 Å². The number of hydrogen-bond acceptors (Lipinski definition) is 5. The highest BCUT2D eigenvalue weighted by Gasteiger charge is 2.29. The first-order chi connectivity index (χ1) is 12.5. The molecule has 0 unspecified atom stereocenters. The normalized spacial score (nSPS) is 17.1. The van der Waals surface area contributed by atoms with Gasteiger partial charge in [0, 0.05) is 29.2 Å². The minimum Gasteiger partial charge on any atom is -0.481 e. The lowest BCUT2D eigenvalue weighted by Crippen LogP contribution is -2.49. The lowest BCUT2D eigenvalue weighted by molar-refractivity contribution is -0.139. The molecule has 0 saturated carbocycles. The topological polar surface area (TPSA) is 78.9 Å². The number of hydrogen-bond donors (Lipinski definition) is 2. The molecule has 0 bridgehead atoms. The van der Waals surface area contributed by atoms with Crippen LogP contribution in [0.15, 0.2) is 35.7 Å². The second-order valence-electron chi connectivity index (χ2n) is 6.28. The van der Waals surface area contributed by atoms with Gasteiger partial charge in [-0.2, -0.15) is 0 Å². The van der Waals surface area contributed by atoms with Crippen molar-refractivity contribution in [2.45, 2.75) is 25.9 Å². The average Bonchev–Trinajstić information content (AvgIpc) is 3.05. The second kappa shape index (κ2) is 8.33. The van der Waals surface area contributed by atoms with E-state index in [0.717, 1.165) is 12.2 Å². The van der Waals surface area contributed by atoms with Gasteiger partial charge >= 0.3 is 5.97 Å². The van der Waals surface area contributed by atoms with Crippen LogP contribution in [0.1, 0.15) is 27.2 Å². The predicted octanol–water partition coefficient (Wildman–Crippen LogP) is 2.98. The maximum Gasteiger partial charge on any atom is 0.305 e. The van der Waals surface area contributed by atoms with Crippen LogP contribution in [0.25, 0.3) is 0 Å². The van der Waals surface area contributed by atoms with E-state index >= 15 is 0 Å². The number of rotatable bonds is 6. The third kappa shape index (κ3) is 4.42. The summed E-state index contributed by atoms with van der Waals surface area (Å²) in [5, 5.41) is 14.5. The summed E-state index contributed by atoms with van der Waals surface area (Å²) in [6.07, 6.45) is -0.106. The summed E-state index contributed by atoms with van der Waals surface area (Å²) in [5.41, 5.74) is 2.77. The molecule has 1 amide bonds. The maximum atomic E-state index is 12.8. The van der Waals surface area contributed by atoms with E-state index in [1.54, 1.807) is 28.4 Å². The third-order valence-electron chi connectivity index (χ3n) is 4.45. The summed E-state index contributed by atoms with van der Waals surface area (Å²) < 4.78 is 5.33. The Hall–Kier alpha value is -2.38. The summed E-state index contributed by atoms with van der Waals surface area (Å²) in [6.45, 7) is 3.94. The number of carbonyl (C=O) groups is 2. The van der Waals surface area contributed by atoms with Crippen LogP contribution in [0.2, 0.25) is 0 Å². The van der Waals surface area contributed by atoms with Gasteiger partial charge in [0.1, 0.15) is 0 Å². The van der Waals surface area contributed by atoms with Crippen LogP contribution in [0.3, 0.4) is 0 Å². The molecule has 1 fully saturated rings. The number of ether oxygens (including phenoxy) is 1. The number of aliphatic carboxylic acids is 1. The van der Waals surface area contributed by atoms with Crippen molar-refractivity contribution in [3.05, 3.63) is 51.7 Å². The molecule has 1 atom stereocenters. The van der Waals surface area contributed by atoms with Gasteiger partial charge in [-0.25, -0.2) is 0 Å². The molecule has 1 aliphatic heterocycles. The van der Waals surface area contributed by atoms with E-state index in [1.807, 2.05) is 12.1 Å². The van der Waals surface area contributed by atoms with E-state index in [0.29, 0.717) is 18.7 Å². The van der Waals surface area contributed by atoms with Crippen LogP contribution in [0.4, 0.5) is 5.69 Å². The monoisotopic (exact) mass is 374 g/mol. The molecule has 1 aliphatic rings. The number of carbonyl (C=O) groups excluding carboxylic acids is 1. The predicted molar refractivity (Wildman–Crippen MR) is 101 cm³/mol. The van der Waals surface area contributed by atoms with Crippen molar-refractivity contribution in [3.8, 4) is 0 Å². The van der Waals surface area contributed by atoms with Crippen molar-refractivity contribution in [1.82, 2.24) is 4.90 Å². The highest BCUT2D eigenvalue weighted by Crippen LogP contribution is 2.20. The number of aryl methyl sites for hydroxylation is 1. The van der Waals surface area contributed by atoms with Gasteiger partial charge in [-0.15, -0.1) is 11.3 Å². The van der Waals surface area contributed by atoms with E-state index in [-0.39, 0.29) is 18.9 Å². The fourth-order valence-corrected chi connectivity index (χ4v) is 3.80. The lowest BCUT2D eigenvalue weighted by atomic mass is 10.1. The first-order valence-corrected chi connectivity index (χ1v) is 9.40. The minimum atomic E-state index is -0.929. The summed E-state index contributed by atoms with van der Waals surface area (Å²) in [7, 11) is 0. The standard InChI is InChI=1S/C19H22N2O4S/c1-13-6-9-26-17(13)11-20-15-4-2-14(3-5-15)19(24)21-7-8-25-12-16(21)10-18(22)23/h2-6,9,16,20H,7-8,10-12H2,1H3,(H,22,23)/t16-/m0/s1. The Labute approximate surface area is 156 Å². The first-order valence-electron chi connectivity index (χ1n) is 8.52. The number of amides is 1. The number of morpholine rings is 1. The summed E-state index contributed by atoms with van der Waals surface area (Å²) >= 11 is 1.72. The van der Waals surface area contributed by atoms with Gasteiger partial charge in [-0.3, -0.25) is 9.59 Å². The number of thiophene rings is 1. The van der Waals surface area contributed by atoms with Gasteiger partial charge in [0.2, 0.25) is 0 Å². The molecular formula is C19H22N2O4S. The molecule has 1 saturated heterocycles. The molecule has 1 aromatic carbocycles. The van der Waals surface area contributed by atoms with Gasteiger partial charge < -0.3 is 20.1 Å². The SMILES string of the molecule is Cc1ccsc1CNc1ccc(C(=O)N2CCOC[C@@H]2CC(=O)O)cc1. The Bertz CT molecular complexity index is 772. The van der Waals surface area contributed by atoms with Crippen molar-refractivity contribution >= 4 is 28.9 Å². The number of carboxylic acids is 1. The molecule has 0 radical (unpaired) electrons. The van der Waals surface area contributed by atoms with E-state index in [9.17, 15) is 9.59 Å². The van der Waals surface area contributed by atoms with Gasteiger partial charge in [-0.05, 0) is 48.2 Å². The zero-order chi connectivity index (χ0) is 18.5. The van der Waals surface area contributed by atoms with Crippen molar-refractivity contribution in [3.63, 3.8) is 0 Å². The van der Waals surface area contributed by atoms with E-state index in [4.69, 9.17) is 9.84 Å². The number of nitrogens with one attached hydrogen (secondary N) is 1. The van der Waals surface area contributed by atoms with Gasteiger partial charge in [0.25, 0.3) is 5.91 Å². The highest BCUT2D eigenvalue weighted by molar-refractivity contribution is 7.10. The van der Waals surface area contributed by atoms with Crippen molar-refractivity contribution in [2.24, 2.45) is 0 Å². The zero-order valence-electron chi connectivity index (χ0n) is 14.6. The third-order valence-corrected chi connectivity index (χ3v) is 5.47. The molecule has 2 heterocycles. The molecule has 6 nitrogen and oxygen atoms in total. The second-order valence-corrected chi connectivity index (χ2v) is 7.28. The number of carboxylic acid groups (broad SMARTS) is 1. The lowest BCUT2D eigenvalue weighted by Gasteiger charge is -2.34. The molecule has 2 N–H and O–H groups in total. The fraction of sp³-hybridized carbons (Fsp3) is 0.368. The van der Waals surface area contributed by atoms with Crippen molar-refractivity contribution in [2.75, 3.05) is 25.1 Å². The van der Waals surface area contributed by atoms with E-state index in [1.165, 1.54) is 10.4 Å². The molecule has 2 aromatic rings. The molecule has 0 aliphatic carbocycles. The fourth-order valence-electron chi connectivity index (χ4n) is 2.96. The molecule has 1 aromatic heterocycles. The zero-order valence-corrected chi connectivity index (χ0v) is 15.4. The van der Waals surface area contributed by atoms with Gasteiger partial charge in [0.15, 0.2) is 0 Å². The molecule has 26 heavy (non-hydrogen) atoms. The Morgan fingerprint density at radius 2 is 2.08 bits per heavy atom. The van der Waals surface area contributed by atoms with Crippen LogP contribution in [-0.4, -0.2) is 47.7 Å². The smallest absolute Gasteiger partial charge is 0.305 e. The number of benzene rings is 1. The first kappa shape index (κ1) is 18.4. The van der Waals surface area contributed by atoms with Crippen LogP contribution >= 0.6 is 11.3 Å². The molecule has 0 spiro atoms. The van der Waals surface area contributed by atoms with Crippen LogP contribution in [0, 0.1) is 6.92 Å². The molecule has 3 rings (SSSR count). The van der Waals surface area contributed by atoms with Crippen LogP contribution < -0.4 is 5.32 Å². The average molecular weight is 374 g/mol. The summed E-state index contributed by atoms with van der Waals surface area (Å²) in [5.74, 6) is -1.08.